The molecule has 2 aliphatic rings. The second-order valence-corrected chi connectivity index (χ2v) is 6.58. The fourth-order valence-corrected chi connectivity index (χ4v) is 3.96. The van der Waals surface area contributed by atoms with Crippen molar-refractivity contribution < 1.29 is 4.39 Å². The zero-order chi connectivity index (χ0) is 14.0. The Hall–Kier alpha value is -0.930. The van der Waals surface area contributed by atoms with Crippen LogP contribution in [0, 0.1) is 11.2 Å². The number of rotatable bonds is 3. The molecule has 3 heteroatoms. The van der Waals surface area contributed by atoms with Gasteiger partial charge in [0.15, 0.2) is 0 Å². The Kier molecular flexibility index (Phi) is 4.08. The molecule has 0 radical (unpaired) electrons. The van der Waals surface area contributed by atoms with E-state index in [9.17, 15) is 4.39 Å². The van der Waals surface area contributed by atoms with E-state index in [0.29, 0.717) is 11.0 Å². The lowest BCUT2D eigenvalue weighted by Gasteiger charge is -2.39. The van der Waals surface area contributed by atoms with E-state index in [1.807, 2.05) is 12.1 Å². The van der Waals surface area contributed by atoms with Gasteiger partial charge in [0.05, 0.1) is 0 Å². The van der Waals surface area contributed by atoms with Crippen LogP contribution in [0.3, 0.4) is 0 Å². The Morgan fingerprint density at radius 3 is 2.35 bits per heavy atom. The highest BCUT2D eigenvalue weighted by Crippen LogP contribution is 2.46. The highest BCUT2D eigenvalue weighted by atomic mass is 19.1. The summed E-state index contributed by atoms with van der Waals surface area (Å²) in [5.74, 6) is -0.101. The summed E-state index contributed by atoms with van der Waals surface area (Å²) < 4.78 is 14.2. The number of likely N-dealkylation sites (tertiary alicyclic amines) is 1. The van der Waals surface area contributed by atoms with E-state index in [1.54, 1.807) is 6.07 Å². The lowest BCUT2D eigenvalue weighted by atomic mass is 9.77. The average Bonchev–Trinajstić information content (AvgIpc) is 2.92. The number of nitrogens with zero attached hydrogens (tertiary/aromatic N) is 1. The van der Waals surface area contributed by atoms with Crippen molar-refractivity contribution in [1.29, 1.82) is 0 Å². The monoisotopic (exact) mass is 276 g/mol. The number of hydrogen-bond donors (Lipinski definition) is 1. The van der Waals surface area contributed by atoms with Crippen LogP contribution >= 0.6 is 0 Å². The minimum Gasteiger partial charge on any atom is -0.326 e. The molecule has 1 heterocycles. The summed E-state index contributed by atoms with van der Waals surface area (Å²) in [6, 6.07) is 5.60. The van der Waals surface area contributed by atoms with Crippen molar-refractivity contribution in [3.63, 3.8) is 0 Å². The summed E-state index contributed by atoms with van der Waals surface area (Å²) in [6.07, 6.45) is 8.24. The zero-order valence-corrected chi connectivity index (χ0v) is 12.2. The van der Waals surface area contributed by atoms with Gasteiger partial charge in [0.1, 0.15) is 5.82 Å². The van der Waals surface area contributed by atoms with Crippen LogP contribution in [0.2, 0.25) is 0 Å². The highest BCUT2D eigenvalue weighted by molar-refractivity contribution is 5.26. The summed E-state index contributed by atoms with van der Waals surface area (Å²) in [6.45, 7) is 3.25. The zero-order valence-electron chi connectivity index (χ0n) is 12.2. The van der Waals surface area contributed by atoms with Gasteiger partial charge in [-0.3, -0.25) is 4.90 Å². The van der Waals surface area contributed by atoms with Crippen LogP contribution in [0.1, 0.15) is 49.7 Å². The SMILES string of the molecule is NCc1cccc(CN2CCC3(CCCC3)CC2)c1F. The van der Waals surface area contributed by atoms with E-state index < -0.39 is 0 Å². The van der Waals surface area contributed by atoms with E-state index in [1.165, 1.54) is 38.5 Å². The van der Waals surface area contributed by atoms with E-state index in [4.69, 9.17) is 5.73 Å². The largest absolute Gasteiger partial charge is 0.326 e. The van der Waals surface area contributed by atoms with Gasteiger partial charge >= 0.3 is 0 Å². The lowest BCUT2D eigenvalue weighted by Crippen LogP contribution is -2.38. The van der Waals surface area contributed by atoms with E-state index in [2.05, 4.69) is 4.90 Å². The first-order chi connectivity index (χ1) is 9.72. The maximum Gasteiger partial charge on any atom is 0.132 e. The van der Waals surface area contributed by atoms with Crippen molar-refractivity contribution in [3.05, 3.63) is 35.1 Å². The predicted octanol–water partition coefficient (Wildman–Crippen LogP) is 3.44. The molecule has 0 unspecified atom stereocenters. The molecular weight excluding hydrogens is 251 g/mol. The molecule has 110 valence electrons. The molecule has 1 aliphatic heterocycles. The van der Waals surface area contributed by atoms with Gasteiger partial charge in [0.25, 0.3) is 0 Å². The molecule has 0 amide bonds. The first kappa shape index (κ1) is 14.0. The molecule has 1 saturated carbocycles. The summed E-state index contributed by atoms with van der Waals surface area (Å²) in [4.78, 5) is 2.41. The number of halogens is 1. The van der Waals surface area contributed by atoms with Crippen LogP contribution in [0.15, 0.2) is 18.2 Å². The van der Waals surface area contributed by atoms with Gasteiger partial charge in [0.2, 0.25) is 0 Å². The first-order valence-electron chi connectivity index (χ1n) is 7.91. The Bertz CT molecular complexity index is 456. The maximum absolute atomic E-state index is 14.2. The third-order valence-electron chi connectivity index (χ3n) is 5.35. The fraction of sp³-hybridized carbons (Fsp3) is 0.647. The second kappa shape index (κ2) is 5.82. The Balaban J connectivity index is 1.62. The molecule has 1 spiro atoms. The second-order valence-electron chi connectivity index (χ2n) is 6.58. The summed E-state index contributed by atoms with van der Waals surface area (Å²) in [5, 5.41) is 0. The van der Waals surface area contributed by atoms with Crippen LogP contribution in [0.4, 0.5) is 4.39 Å². The fourth-order valence-electron chi connectivity index (χ4n) is 3.96. The first-order valence-corrected chi connectivity index (χ1v) is 7.91. The third kappa shape index (κ3) is 2.75. The molecule has 2 nitrogen and oxygen atoms in total. The van der Waals surface area contributed by atoms with Crippen molar-refractivity contribution in [2.24, 2.45) is 11.1 Å². The van der Waals surface area contributed by atoms with Gasteiger partial charge in [0, 0.05) is 24.2 Å². The summed E-state index contributed by atoms with van der Waals surface area (Å²) in [7, 11) is 0. The van der Waals surface area contributed by atoms with Crippen LogP contribution in [-0.4, -0.2) is 18.0 Å². The van der Waals surface area contributed by atoms with Gasteiger partial charge in [-0.25, -0.2) is 4.39 Å². The van der Waals surface area contributed by atoms with Crippen LogP contribution < -0.4 is 5.73 Å². The Morgan fingerprint density at radius 2 is 1.70 bits per heavy atom. The summed E-state index contributed by atoms with van der Waals surface area (Å²) >= 11 is 0. The van der Waals surface area contributed by atoms with Crippen molar-refractivity contribution in [3.8, 4) is 0 Å². The molecule has 1 aliphatic carbocycles. The van der Waals surface area contributed by atoms with Gasteiger partial charge in [-0.15, -0.1) is 0 Å². The van der Waals surface area contributed by atoms with Gasteiger partial charge in [-0.1, -0.05) is 31.0 Å². The standard InChI is InChI=1S/C17H25FN2/c18-16-14(12-19)4-3-5-15(16)13-20-10-8-17(9-11-20)6-1-2-7-17/h3-5H,1-2,6-13,19H2. The molecule has 1 aromatic carbocycles. The number of nitrogens with two attached hydrogens (primary N) is 1. The molecule has 0 aromatic heterocycles. The number of hydrogen-bond acceptors (Lipinski definition) is 2. The van der Waals surface area contributed by atoms with Crippen LogP contribution in [0.25, 0.3) is 0 Å². The molecule has 0 atom stereocenters. The third-order valence-corrected chi connectivity index (χ3v) is 5.35. The van der Waals surface area contributed by atoms with E-state index >= 15 is 0 Å². The van der Waals surface area contributed by atoms with Crippen molar-refractivity contribution in [1.82, 2.24) is 4.90 Å². The minimum absolute atomic E-state index is 0.101. The number of piperidine rings is 1. The highest BCUT2D eigenvalue weighted by Gasteiger charge is 2.36. The van der Waals surface area contributed by atoms with Crippen LogP contribution in [-0.2, 0) is 13.1 Å². The van der Waals surface area contributed by atoms with Crippen LogP contribution in [0.5, 0.6) is 0 Å². The van der Waals surface area contributed by atoms with E-state index in [0.717, 1.165) is 25.2 Å². The number of benzene rings is 1. The van der Waals surface area contributed by atoms with Crippen molar-refractivity contribution >= 4 is 0 Å². The van der Waals surface area contributed by atoms with Gasteiger partial charge < -0.3 is 5.73 Å². The minimum atomic E-state index is -0.101. The molecule has 20 heavy (non-hydrogen) atoms. The molecular formula is C17H25FN2. The van der Waals surface area contributed by atoms with Crippen molar-refractivity contribution in [2.45, 2.75) is 51.6 Å². The Labute approximate surface area is 121 Å². The van der Waals surface area contributed by atoms with Gasteiger partial charge in [-0.2, -0.15) is 0 Å². The van der Waals surface area contributed by atoms with Crippen molar-refractivity contribution in [2.75, 3.05) is 13.1 Å². The quantitative estimate of drug-likeness (QED) is 0.916. The molecule has 1 saturated heterocycles. The molecule has 2 fully saturated rings. The molecule has 3 rings (SSSR count). The Morgan fingerprint density at radius 1 is 1.05 bits per heavy atom. The molecule has 0 bridgehead atoms. The maximum atomic E-state index is 14.2. The smallest absolute Gasteiger partial charge is 0.132 e. The topological polar surface area (TPSA) is 29.3 Å². The molecule has 2 N–H and O–H groups in total. The van der Waals surface area contributed by atoms with E-state index in [-0.39, 0.29) is 12.4 Å². The summed E-state index contributed by atoms with van der Waals surface area (Å²) in [5.41, 5.74) is 7.64. The predicted molar refractivity (Wildman–Crippen MR) is 79.7 cm³/mol. The van der Waals surface area contributed by atoms with Gasteiger partial charge in [-0.05, 0) is 44.2 Å². The average molecular weight is 276 g/mol. The normalized spacial score (nSPS) is 22.5. The molecule has 1 aromatic rings. The lowest BCUT2D eigenvalue weighted by molar-refractivity contribution is 0.103.